The van der Waals surface area contributed by atoms with E-state index in [0.29, 0.717) is 21.3 Å². The summed E-state index contributed by atoms with van der Waals surface area (Å²) in [6.07, 6.45) is 0. The van der Waals surface area contributed by atoms with Crippen molar-refractivity contribution in [3.8, 4) is 5.69 Å². The van der Waals surface area contributed by atoms with E-state index in [-0.39, 0.29) is 6.61 Å². The van der Waals surface area contributed by atoms with Crippen LogP contribution < -0.4 is 0 Å². The van der Waals surface area contributed by atoms with Crippen LogP contribution in [0.25, 0.3) is 5.69 Å². The van der Waals surface area contributed by atoms with Crippen LogP contribution in [0.1, 0.15) is 26.6 Å². The minimum Gasteiger partial charge on any atom is -0.456 e. The molecular formula is C16H14ClN3O2S. The molecule has 118 valence electrons. The molecule has 0 fully saturated rings. The van der Waals surface area contributed by atoms with Gasteiger partial charge in [0.05, 0.1) is 22.6 Å². The van der Waals surface area contributed by atoms with Crippen molar-refractivity contribution in [3.63, 3.8) is 0 Å². The largest absolute Gasteiger partial charge is 0.456 e. The summed E-state index contributed by atoms with van der Waals surface area (Å²) in [4.78, 5) is 16.6. The fourth-order valence-corrected chi connectivity index (χ4v) is 3.16. The molecule has 1 aromatic carbocycles. The van der Waals surface area contributed by atoms with Crippen molar-refractivity contribution in [3.05, 3.63) is 62.8 Å². The van der Waals surface area contributed by atoms with Crippen molar-refractivity contribution in [1.29, 1.82) is 0 Å². The topological polar surface area (TPSA) is 57.0 Å². The molecule has 2 aromatic heterocycles. The third-order valence-corrected chi connectivity index (χ3v) is 4.70. The number of aromatic nitrogens is 3. The Labute approximate surface area is 142 Å². The van der Waals surface area contributed by atoms with E-state index in [1.54, 1.807) is 17.1 Å². The second-order valence-corrected chi connectivity index (χ2v) is 6.16. The van der Waals surface area contributed by atoms with Gasteiger partial charge in [-0.25, -0.2) is 14.5 Å². The number of nitrogens with zero attached hydrogens (tertiary/aromatic N) is 3. The van der Waals surface area contributed by atoms with Crippen molar-refractivity contribution in [2.45, 2.75) is 20.5 Å². The predicted molar refractivity (Wildman–Crippen MR) is 89.3 cm³/mol. The summed E-state index contributed by atoms with van der Waals surface area (Å²) in [7, 11) is 0. The van der Waals surface area contributed by atoms with Gasteiger partial charge >= 0.3 is 5.97 Å². The summed E-state index contributed by atoms with van der Waals surface area (Å²) in [5, 5.41) is 4.87. The number of hydrogen-bond donors (Lipinski definition) is 0. The molecular weight excluding hydrogens is 334 g/mol. The third-order valence-electron chi connectivity index (χ3n) is 3.40. The highest BCUT2D eigenvalue weighted by atomic mass is 35.5. The molecule has 0 unspecified atom stereocenters. The molecule has 0 aliphatic carbocycles. The molecule has 5 nitrogen and oxygen atoms in total. The lowest BCUT2D eigenvalue weighted by molar-refractivity contribution is 0.0477. The maximum atomic E-state index is 12.1. The Balaban J connectivity index is 1.80. The highest BCUT2D eigenvalue weighted by Crippen LogP contribution is 2.25. The first-order valence-corrected chi connectivity index (χ1v) is 8.20. The molecule has 0 spiro atoms. The van der Waals surface area contributed by atoms with Gasteiger partial charge in [-0.05, 0) is 26.0 Å². The van der Waals surface area contributed by atoms with Gasteiger partial charge < -0.3 is 4.74 Å². The summed E-state index contributed by atoms with van der Waals surface area (Å²) in [6, 6.07) is 9.57. The maximum Gasteiger partial charge on any atom is 0.350 e. The highest BCUT2D eigenvalue weighted by molar-refractivity contribution is 7.11. The normalized spacial score (nSPS) is 10.7. The zero-order valence-corrected chi connectivity index (χ0v) is 14.2. The lowest BCUT2D eigenvalue weighted by Gasteiger charge is -2.05. The van der Waals surface area contributed by atoms with E-state index < -0.39 is 5.97 Å². The number of halogens is 1. The summed E-state index contributed by atoms with van der Waals surface area (Å²) < 4.78 is 6.99. The van der Waals surface area contributed by atoms with Gasteiger partial charge in [-0.3, -0.25) is 0 Å². The number of para-hydroxylation sites is 1. The quantitative estimate of drug-likeness (QED) is 0.670. The first kappa shape index (κ1) is 15.7. The standard InChI is InChI=1S/C16H14ClN3O2S/c1-10-13(8-22-16(21)14-11(2)18-9-23-14)15(17)20(19-10)12-6-4-3-5-7-12/h3-7,9H,8H2,1-2H3. The van der Waals surface area contributed by atoms with Gasteiger partial charge in [0.15, 0.2) is 0 Å². The van der Waals surface area contributed by atoms with Gasteiger partial charge in [0, 0.05) is 5.56 Å². The Morgan fingerprint density at radius 2 is 2.00 bits per heavy atom. The SMILES string of the molecule is Cc1ncsc1C(=O)OCc1c(C)nn(-c2ccccc2)c1Cl. The Hall–Kier alpha value is -2.18. The average Bonchev–Trinajstić information content (AvgIpc) is 3.10. The summed E-state index contributed by atoms with van der Waals surface area (Å²) in [5.74, 6) is -0.395. The zero-order chi connectivity index (χ0) is 16.4. The fourth-order valence-electron chi connectivity index (χ4n) is 2.14. The molecule has 0 radical (unpaired) electrons. The molecule has 3 rings (SSSR count). The molecule has 0 bridgehead atoms. The number of carbonyl (C=O) groups excluding carboxylic acids is 1. The fraction of sp³-hybridized carbons (Fsp3) is 0.188. The van der Waals surface area contributed by atoms with Crippen LogP contribution in [-0.2, 0) is 11.3 Å². The minimum absolute atomic E-state index is 0.0771. The van der Waals surface area contributed by atoms with Crippen LogP contribution in [0, 0.1) is 13.8 Å². The summed E-state index contributed by atoms with van der Waals surface area (Å²) in [5.41, 5.74) is 4.58. The summed E-state index contributed by atoms with van der Waals surface area (Å²) >= 11 is 7.67. The van der Waals surface area contributed by atoms with Crippen molar-refractivity contribution in [1.82, 2.24) is 14.8 Å². The van der Waals surface area contributed by atoms with Gasteiger partial charge in [0.25, 0.3) is 0 Å². The highest BCUT2D eigenvalue weighted by Gasteiger charge is 2.18. The summed E-state index contributed by atoms with van der Waals surface area (Å²) in [6.45, 7) is 3.69. The Kier molecular flexibility index (Phi) is 4.45. The average molecular weight is 348 g/mol. The molecule has 2 heterocycles. The molecule has 0 aliphatic rings. The lowest BCUT2D eigenvalue weighted by atomic mass is 10.3. The van der Waals surface area contributed by atoms with Gasteiger partial charge in [-0.2, -0.15) is 5.10 Å². The molecule has 3 aromatic rings. The monoisotopic (exact) mass is 347 g/mol. The van der Waals surface area contributed by atoms with E-state index in [2.05, 4.69) is 10.1 Å². The number of ether oxygens (including phenoxy) is 1. The predicted octanol–water partition coefficient (Wildman–Crippen LogP) is 3.96. The minimum atomic E-state index is -0.395. The van der Waals surface area contributed by atoms with Crippen molar-refractivity contribution < 1.29 is 9.53 Å². The van der Waals surface area contributed by atoms with E-state index in [1.807, 2.05) is 37.3 Å². The number of hydrogen-bond acceptors (Lipinski definition) is 5. The van der Waals surface area contributed by atoms with Gasteiger partial charge in [0.1, 0.15) is 16.6 Å². The lowest BCUT2D eigenvalue weighted by Crippen LogP contribution is -2.05. The molecule has 7 heteroatoms. The van der Waals surface area contributed by atoms with E-state index in [9.17, 15) is 4.79 Å². The maximum absolute atomic E-state index is 12.1. The van der Waals surface area contributed by atoms with Crippen LogP contribution in [0.5, 0.6) is 0 Å². The van der Waals surface area contributed by atoms with Crippen LogP contribution in [0.4, 0.5) is 0 Å². The van der Waals surface area contributed by atoms with Crippen LogP contribution in [-0.4, -0.2) is 20.7 Å². The molecule has 0 amide bonds. The second kappa shape index (κ2) is 6.52. The molecule has 0 saturated carbocycles. The number of thiazole rings is 1. The molecule has 0 N–H and O–H groups in total. The van der Waals surface area contributed by atoms with Crippen LogP contribution >= 0.6 is 22.9 Å². The number of benzene rings is 1. The van der Waals surface area contributed by atoms with Crippen LogP contribution in [0.15, 0.2) is 35.8 Å². The first-order valence-electron chi connectivity index (χ1n) is 6.94. The van der Waals surface area contributed by atoms with Crippen molar-refractivity contribution in [2.24, 2.45) is 0 Å². The smallest absolute Gasteiger partial charge is 0.350 e. The van der Waals surface area contributed by atoms with Crippen molar-refractivity contribution in [2.75, 3.05) is 0 Å². The number of esters is 1. The Morgan fingerprint density at radius 1 is 1.26 bits per heavy atom. The van der Waals surface area contributed by atoms with Gasteiger partial charge in [-0.15, -0.1) is 11.3 Å². The van der Waals surface area contributed by atoms with Crippen molar-refractivity contribution >= 4 is 28.9 Å². The second-order valence-electron chi connectivity index (χ2n) is 4.95. The zero-order valence-electron chi connectivity index (χ0n) is 12.6. The van der Waals surface area contributed by atoms with Gasteiger partial charge in [0.2, 0.25) is 0 Å². The van der Waals surface area contributed by atoms with Crippen LogP contribution in [0.3, 0.4) is 0 Å². The number of rotatable bonds is 4. The van der Waals surface area contributed by atoms with E-state index >= 15 is 0 Å². The third kappa shape index (κ3) is 3.13. The Morgan fingerprint density at radius 3 is 2.65 bits per heavy atom. The molecule has 0 saturated heterocycles. The van der Waals surface area contributed by atoms with E-state index in [4.69, 9.17) is 16.3 Å². The van der Waals surface area contributed by atoms with E-state index in [0.717, 1.165) is 11.4 Å². The molecule has 23 heavy (non-hydrogen) atoms. The molecule has 0 atom stereocenters. The van der Waals surface area contributed by atoms with Gasteiger partial charge in [-0.1, -0.05) is 29.8 Å². The van der Waals surface area contributed by atoms with Crippen LogP contribution in [0.2, 0.25) is 5.15 Å². The molecule has 0 aliphatic heterocycles. The Bertz CT molecular complexity index is 842. The van der Waals surface area contributed by atoms with E-state index in [1.165, 1.54) is 11.3 Å². The number of aryl methyl sites for hydroxylation is 2. The number of carbonyl (C=O) groups is 1. The first-order chi connectivity index (χ1) is 11.1.